The summed E-state index contributed by atoms with van der Waals surface area (Å²) < 4.78 is 1.55. The predicted molar refractivity (Wildman–Crippen MR) is 110 cm³/mol. The molecule has 0 N–H and O–H groups in total. The van der Waals surface area contributed by atoms with Crippen LogP contribution in [0.4, 0.5) is 0 Å². The molecule has 2 aliphatic heterocycles. The van der Waals surface area contributed by atoms with Gasteiger partial charge in [0.15, 0.2) is 0 Å². The molecule has 1 amide bonds. The molecule has 28 heavy (non-hydrogen) atoms. The van der Waals surface area contributed by atoms with Crippen molar-refractivity contribution in [3.8, 4) is 0 Å². The number of nitrogens with zero attached hydrogens (tertiary/aromatic N) is 4. The zero-order valence-electron chi connectivity index (χ0n) is 16.7. The Kier molecular flexibility index (Phi) is 5.76. The molecule has 150 valence electrons. The van der Waals surface area contributed by atoms with Crippen molar-refractivity contribution in [2.45, 2.75) is 51.1 Å². The van der Waals surface area contributed by atoms with Crippen LogP contribution < -0.4 is 5.56 Å². The van der Waals surface area contributed by atoms with E-state index < -0.39 is 0 Å². The maximum absolute atomic E-state index is 12.7. The van der Waals surface area contributed by atoms with E-state index in [0.717, 1.165) is 6.54 Å². The van der Waals surface area contributed by atoms with Crippen molar-refractivity contribution in [3.63, 3.8) is 0 Å². The second-order valence-electron chi connectivity index (χ2n) is 8.29. The Morgan fingerprint density at radius 2 is 2.00 bits per heavy atom. The molecule has 0 unspecified atom stereocenters. The van der Waals surface area contributed by atoms with E-state index in [9.17, 15) is 9.59 Å². The molecule has 1 aromatic heterocycles. The molecule has 0 spiro atoms. The van der Waals surface area contributed by atoms with Gasteiger partial charge in [-0.1, -0.05) is 18.6 Å². The van der Waals surface area contributed by atoms with Crippen molar-refractivity contribution in [2.24, 2.45) is 5.92 Å². The highest BCUT2D eigenvalue weighted by atomic mass is 16.2. The highest BCUT2D eigenvalue weighted by Gasteiger charge is 2.33. The zero-order valence-corrected chi connectivity index (χ0v) is 16.7. The molecule has 2 saturated heterocycles. The van der Waals surface area contributed by atoms with Gasteiger partial charge in [0.2, 0.25) is 5.91 Å². The molecule has 0 aliphatic carbocycles. The summed E-state index contributed by atoms with van der Waals surface area (Å²) in [6.45, 7) is 3.64. The van der Waals surface area contributed by atoms with Gasteiger partial charge in [0.1, 0.15) is 0 Å². The smallest absolute Gasteiger partial charge is 0.261 e. The van der Waals surface area contributed by atoms with Crippen LogP contribution in [-0.2, 0) is 11.3 Å². The lowest BCUT2D eigenvalue weighted by molar-refractivity contribution is -0.131. The summed E-state index contributed by atoms with van der Waals surface area (Å²) in [7, 11) is 1.91. The summed E-state index contributed by atoms with van der Waals surface area (Å²) in [5.74, 6) is 0.682. The lowest BCUT2D eigenvalue weighted by Gasteiger charge is -2.45. The summed E-state index contributed by atoms with van der Waals surface area (Å²) >= 11 is 0. The van der Waals surface area contributed by atoms with Crippen LogP contribution in [0.15, 0.2) is 35.4 Å². The molecular formula is C22H30N4O2. The first-order valence-electron chi connectivity index (χ1n) is 10.6. The van der Waals surface area contributed by atoms with Crippen LogP contribution in [0.1, 0.15) is 38.5 Å². The quantitative estimate of drug-likeness (QED) is 0.797. The van der Waals surface area contributed by atoms with E-state index in [2.05, 4.69) is 9.88 Å². The Morgan fingerprint density at radius 3 is 2.89 bits per heavy atom. The number of hydrogen-bond donors (Lipinski definition) is 0. The second-order valence-corrected chi connectivity index (χ2v) is 8.29. The van der Waals surface area contributed by atoms with Crippen LogP contribution in [0.25, 0.3) is 10.9 Å². The van der Waals surface area contributed by atoms with Gasteiger partial charge in [-0.25, -0.2) is 4.98 Å². The van der Waals surface area contributed by atoms with Crippen molar-refractivity contribution in [2.75, 3.05) is 26.7 Å². The molecule has 2 atom stereocenters. The summed E-state index contributed by atoms with van der Waals surface area (Å²) in [5.41, 5.74) is 0.618. The average Bonchev–Trinajstić information content (AvgIpc) is 2.73. The Balaban J connectivity index is 1.36. The molecule has 0 bridgehead atoms. The van der Waals surface area contributed by atoms with Gasteiger partial charge in [-0.3, -0.25) is 14.2 Å². The number of benzene rings is 1. The van der Waals surface area contributed by atoms with Gasteiger partial charge in [0, 0.05) is 32.6 Å². The number of carbonyl (C=O) groups is 1. The number of aryl methyl sites for hydroxylation is 1. The molecule has 3 heterocycles. The molecule has 1 aromatic carbocycles. The number of para-hydroxylation sites is 1. The fourth-order valence-electron chi connectivity index (χ4n) is 4.92. The first-order chi connectivity index (χ1) is 13.6. The summed E-state index contributed by atoms with van der Waals surface area (Å²) in [6.07, 6.45) is 8.23. The molecule has 2 aromatic rings. The minimum Gasteiger partial charge on any atom is -0.345 e. The lowest BCUT2D eigenvalue weighted by Crippen LogP contribution is -2.51. The van der Waals surface area contributed by atoms with Crippen molar-refractivity contribution in [1.82, 2.24) is 19.4 Å². The van der Waals surface area contributed by atoms with E-state index in [1.165, 1.54) is 45.2 Å². The first-order valence-corrected chi connectivity index (χ1v) is 10.6. The van der Waals surface area contributed by atoms with Gasteiger partial charge in [-0.05, 0) is 56.8 Å². The Bertz CT molecular complexity index is 891. The number of amides is 1. The number of carbonyl (C=O) groups excluding carboxylic acids is 1. The molecule has 2 aliphatic rings. The SMILES string of the molecule is CN(C[C@H]1CCCN2CCCC[C@@H]12)C(=O)CCn1cnc2ccccc2c1=O. The third-order valence-electron chi connectivity index (χ3n) is 6.46. The van der Waals surface area contributed by atoms with E-state index in [0.29, 0.717) is 35.8 Å². The average molecular weight is 383 g/mol. The fraction of sp³-hybridized carbons (Fsp3) is 0.591. The highest BCUT2D eigenvalue weighted by molar-refractivity contribution is 5.77. The van der Waals surface area contributed by atoms with Gasteiger partial charge in [0.25, 0.3) is 5.56 Å². The van der Waals surface area contributed by atoms with Crippen LogP contribution in [0.2, 0.25) is 0 Å². The number of fused-ring (bicyclic) bond motifs is 2. The van der Waals surface area contributed by atoms with Crippen LogP contribution in [0, 0.1) is 5.92 Å². The van der Waals surface area contributed by atoms with Crippen molar-refractivity contribution in [3.05, 3.63) is 40.9 Å². The Hall–Kier alpha value is -2.21. The molecule has 0 saturated carbocycles. The molecule has 6 nitrogen and oxygen atoms in total. The summed E-state index contributed by atoms with van der Waals surface area (Å²) in [6, 6.07) is 7.97. The zero-order chi connectivity index (χ0) is 19.5. The maximum atomic E-state index is 12.7. The molecular weight excluding hydrogens is 352 g/mol. The third kappa shape index (κ3) is 3.97. The second kappa shape index (κ2) is 8.43. The molecule has 0 radical (unpaired) electrons. The first kappa shape index (κ1) is 19.1. The summed E-state index contributed by atoms with van der Waals surface area (Å²) in [5, 5.41) is 0.602. The van der Waals surface area contributed by atoms with Crippen LogP contribution >= 0.6 is 0 Å². The van der Waals surface area contributed by atoms with E-state index in [1.54, 1.807) is 17.0 Å². The van der Waals surface area contributed by atoms with Crippen molar-refractivity contribution in [1.29, 1.82) is 0 Å². The van der Waals surface area contributed by atoms with Gasteiger partial charge in [-0.2, -0.15) is 0 Å². The minimum atomic E-state index is -0.0776. The Morgan fingerprint density at radius 1 is 1.18 bits per heavy atom. The predicted octanol–water partition coefficient (Wildman–Crippen LogP) is 2.51. The largest absolute Gasteiger partial charge is 0.345 e. The number of aromatic nitrogens is 2. The van der Waals surface area contributed by atoms with Crippen molar-refractivity contribution < 1.29 is 4.79 Å². The monoisotopic (exact) mass is 382 g/mol. The van der Waals surface area contributed by atoms with E-state index in [4.69, 9.17) is 0 Å². The minimum absolute atomic E-state index is 0.0776. The van der Waals surface area contributed by atoms with Gasteiger partial charge >= 0.3 is 0 Å². The highest BCUT2D eigenvalue weighted by Crippen LogP contribution is 2.31. The van der Waals surface area contributed by atoms with Crippen LogP contribution in [-0.4, -0.2) is 58.0 Å². The standard InChI is InChI=1S/C22H30N4O2/c1-24(15-17-7-6-13-25-12-5-4-10-20(17)25)21(27)11-14-26-16-23-19-9-3-2-8-18(19)22(26)28/h2-3,8-9,16-17,20H,4-7,10-15H2,1H3/t17-,20+/m1/s1. The van der Waals surface area contributed by atoms with Gasteiger partial charge in [0.05, 0.1) is 17.2 Å². The van der Waals surface area contributed by atoms with Crippen LogP contribution in [0.5, 0.6) is 0 Å². The lowest BCUT2D eigenvalue weighted by atomic mass is 9.83. The fourth-order valence-corrected chi connectivity index (χ4v) is 4.92. The van der Waals surface area contributed by atoms with Gasteiger partial charge in [-0.15, -0.1) is 0 Å². The van der Waals surface area contributed by atoms with E-state index >= 15 is 0 Å². The molecule has 6 heteroatoms. The van der Waals surface area contributed by atoms with Crippen molar-refractivity contribution >= 4 is 16.8 Å². The normalized spacial score (nSPS) is 22.8. The van der Waals surface area contributed by atoms with Gasteiger partial charge < -0.3 is 9.80 Å². The summed E-state index contributed by atoms with van der Waals surface area (Å²) in [4.78, 5) is 34.1. The topological polar surface area (TPSA) is 58.4 Å². The Labute approximate surface area is 166 Å². The van der Waals surface area contributed by atoms with E-state index in [-0.39, 0.29) is 11.5 Å². The third-order valence-corrected chi connectivity index (χ3v) is 6.46. The molecule has 4 rings (SSSR count). The number of piperidine rings is 2. The molecule has 2 fully saturated rings. The van der Waals surface area contributed by atoms with Crippen LogP contribution in [0.3, 0.4) is 0 Å². The number of hydrogen-bond acceptors (Lipinski definition) is 4. The van der Waals surface area contributed by atoms with E-state index in [1.807, 2.05) is 30.1 Å². The number of rotatable bonds is 5. The maximum Gasteiger partial charge on any atom is 0.261 e.